The Balaban J connectivity index is 2.15. The highest BCUT2D eigenvalue weighted by molar-refractivity contribution is 6.29. The molecule has 19 heavy (non-hydrogen) atoms. The highest BCUT2D eigenvalue weighted by Crippen LogP contribution is 2.16. The third-order valence-corrected chi connectivity index (χ3v) is 3.09. The molecule has 0 spiro atoms. The first-order valence-corrected chi connectivity index (χ1v) is 5.87. The fraction of sp³-hybridized carbons (Fsp3) is 0.154. The second-order valence-electron chi connectivity index (χ2n) is 3.89. The molecule has 0 bridgehead atoms. The van der Waals surface area contributed by atoms with Crippen LogP contribution in [0, 0.1) is 22.7 Å². The summed E-state index contributed by atoms with van der Waals surface area (Å²) in [5.74, 6) is 0.785. The molecule has 0 aliphatic rings. The zero-order valence-electron chi connectivity index (χ0n) is 10.2. The number of hydrogen-bond acceptors (Lipinski definition) is 4. The third kappa shape index (κ3) is 2.67. The first-order valence-electron chi connectivity index (χ1n) is 5.50. The number of nitrogens with zero attached hydrogens (tertiary/aromatic N) is 4. The van der Waals surface area contributed by atoms with Crippen molar-refractivity contribution in [3.8, 4) is 12.1 Å². The van der Waals surface area contributed by atoms with Crippen LogP contribution in [0.3, 0.4) is 0 Å². The molecule has 1 N–H and O–H groups in total. The van der Waals surface area contributed by atoms with Gasteiger partial charge in [-0.1, -0.05) is 11.6 Å². The molecule has 2 aromatic rings. The van der Waals surface area contributed by atoms with Crippen LogP contribution < -0.4 is 5.32 Å². The van der Waals surface area contributed by atoms with E-state index in [4.69, 9.17) is 22.1 Å². The maximum absolute atomic E-state index is 8.94. The summed E-state index contributed by atoms with van der Waals surface area (Å²) in [5, 5.41) is 21.5. The molecule has 5 nitrogen and oxygen atoms in total. The van der Waals surface area contributed by atoms with Crippen LogP contribution in [0.5, 0.6) is 0 Å². The van der Waals surface area contributed by atoms with E-state index in [0.29, 0.717) is 22.8 Å². The van der Waals surface area contributed by atoms with Crippen LogP contribution in [-0.4, -0.2) is 9.55 Å². The molecule has 0 aliphatic carbocycles. The fourth-order valence-corrected chi connectivity index (χ4v) is 1.76. The van der Waals surface area contributed by atoms with Gasteiger partial charge < -0.3 is 9.88 Å². The predicted octanol–water partition coefficient (Wildman–Crippen LogP) is 2.43. The Kier molecular flexibility index (Phi) is 3.70. The summed E-state index contributed by atoms with van der Waals surface area (Å²) in [6.07, 6.45) is 1.58. The number of hydrogen-bond donors (Lipinski definition) is 1. The summed E-state index contributed by atoms with van der Waals surface area (Å²) in [6, 6.07) is 8.99. The summed E-state index contributed by atoms with van der Waals surface area (Å²) in [6.45, 7) is 0.486. The average molecular weight is 272 g/mol. The molecule has 0 saturated carbocycles. The smallest absolute Gasteiger partial charge is 0.128 e. The Morgan fingerprint density at radius 2 is 2.05 bits per heavy atom. The van der Waals surface area contributed by atoms with Gasteiger partial charge in [-0.15, -0.1) is 0 Å². The molecule has 0 aliphatic heterocycles. The Bertz CT molecular complexity index is 690. The van der Waals surface area contributed by atoms with Crippen LogP contribution >= 0.6 is 11.6 Å². The lowest BCUT2D eigenvalue weighted by atomic mass is 10.1. The van der Waals surface area contributed by atoms with Crippen LogP contribution in [0.2, 0.25) is 5.15 Å². The Hall–Kier alpha value is -2.50. The number of halogens is 1. The number of aromatic nitrogens is 2. The molecule has 1 aromatic carbocycles. The average Bonchev–Trinajstić information content (AvgIpc) is 2.76. The van der Waals surface area contributed by atoms with Gasteiger partial charge in [-0.2, -0.15) is 10.5 Å². The first-order chi connectivity index (χ1) is 9.15. The van der Waals surface area contributed by atoms with Crippen LogP contribution in [0.15, 0.2) is 24.4 Å². The van der Waals surface area contributed by atoms with Gasteiger partial charge >= 0.3 is 0 Å². The van der Waals surface area contributed by atoms with Gasteiger partial charge in [-0.05, 0) is 18.2 Å². The zero-order chi connectivity index (χ0) is 13.8. The van der Waals surface area contributed by atoms with Crippen LogP contribution in [0.25, 0.3) is 0 Å². The Morgan fingerprint density at radius 1 is 1.32 bits per heavy atom. The second-order valence-corrected chi connectivity index (χ2v) is 4.28. The largest absolute Gasteiger partial charge is 0.378 e. The van der Waals surface area contributed by atoms with Crippen molar-refractivity contribution in [2.45, 2.75) is 6.54 Å². The normalized spacial score (nSPS) is 9.68. The molecular formula is C13H10ClN5. The number of imidazole rings is 1. The topological polar surface area (TPSA) is 77.4 Å². The van der Waals surface area contributed by atoms with E-state index in [1.165, 1.54) is 0 Å². The van der Waals surface area contributed by atoms with E-state index in [-0.39, 0.29) is 0 Å². The molecule has 6 heteroatoms. The summed E-state index contributed by atoms with van der Waals surface area (Å²) < 4.78 is 1.77. The van der Waals surface area contributed by atoms with Gasteiger partial charge in [0.1, 0.15) is 23.1 Å². The number of nitriles is 2. The van der Waals surface area contributed by atoms with E-state index in [9.17, 15) is 0 Å². The van der Waals surface area contributed by atoms with Crippen molar-refractivity contribution in [1.29, 1.82) is 10.5 Å². The monoisotopic (exact) mass is 271 g/mol. The van der Waals surface area contributed by atoms with Crippen molar-refractivity contribution in [2.75, 3.05) is 5.32 Å². The van der Waals surface area contributed by atoms with Gasteiger partial charge in [0.2, 0.25) is 0 Å². The molecule has 0 radical (unpaired) electrons. The highest BCUT2D eigenvalue weighted by atomic mass is 35.5. The minimum absolute atomic E-state index is 0.352. The van der Waals surface area contributed by atoms with Gasteiger partial charge in [-0.3, -0.25) is 0 Å². The molecule has 1 aromatic heterocycles. The minimum atomic E-state index is 0.352. The van der Waals surface area contributed by atoms with Crippen LogP contribution in [0.4, 0.5) is 5.69 Å². The van der Waals surface area contributed by atoms with Gasteiger partial charge in [-0.25, -0.2) is 4.98 Å². The molecule has 2 rings (SSSR count). The maximum atomic E-state index is 8.94. The van der Waals surface area contributed by atoms with Crippen LogP contribution in [0.1, 0.15) is 17.0 Å². The van der Waals surface area contributed by atoms with E-state index in [2.05, 4.69) is 10.3 Å². The van der Waals surface area contributed by atoms with Gasteiger partial charge in [0.15, 0.2) is 0 Å². The SMILES string of the molecule is Cn1c(Cl)cnc1CNc1ccc(C#N)c(C#N)c1. The second kappa shape index (κ2) is 5.43. The highest BCUT2D eigenvalue weighted by Gasteiger charge is 2.06. The quantitative estimate of drug-likeness (QED) is 0.930. The molecule has 1 heterocycles. The molecule has 0 atom stereocenters. The number of anilines is 1. The molecule has 94 valence electrons. The van der Waals surface area contributed by atoms with Gasteiger partial charge in [0.25, 0.3) is 0 Å². The molecule has 0 fully saturated rings. The predicted molar refractivity (Wildman–Crippen MR) is 71.4 cm³/mol. The number of rotatable bonds is 3. The van der Waals surface area contributed by atoms with Crippen molar-refractivity contribution < 1.29 is 0 Å². The van der Waals surface area contributed by atoms with E-state index in [0.717, 1.165) is 11.5 Å². The maximum Gasteiger partial charge on any atom is 0.128 e. The molecule has 0 amide bonds. The van der Waals surface area contributed by atoms with Crippen molar-refractivity contribution >= 4 is 17.3 Å². The minimum Gasteiger partial charge on any atom is -0.378 e. The first kappa shape index (κ1) is 12.9. The standard InChI is InChI=1S/C13H10ClN5/c1-19-12(14)7-18-13(19)8-17-11-3-2-9(5-15)10(4-11)6-16/h2-4,7,17H,8H2,1H3. The molecule has 0 unspecified atom stereocenters. The lowest BCUT2D eigenvalue weighted by molar-refractivity contribution is 0.813. The van der Waals surface area contributed by atoms with Crippen LogP contribution in [-0.2, 0) is 13.6 Å². The lowest BCUT2D eigenvalue weighted by Gasteiger charge is -2.07. The van der Waals surface area contributed by atoms with Crippen molar-refractivity contribution in [3.05, 3.63) is 46.5 Å². The lowest BCUT2D eigenvalue weighted by Crippen LogP contribution is -2.06. The Labute approximate surface area is 115 Å². The van der Waals surface area contributed by atoms with Crippen molar-refractivity contribution in [1.82, 2.24) is 9.55 Å². The fourth-order valence-electron chi connectivity index (χ4n) is 1.61. The summed E-state index contributed by atoms with van der Waals surface area (Å²) in [7, 11) is 1.83. The zero-order valence-corrected chi connectivity index (χ0v) is 10.9. The third-order valence-electron chi connectivity index (χ3n) is 2.74. The van der Waals surface area contributed by atoms with Crippen molar-refractivity contribution in [3.63, 3.8) is 0 Å². The summed E-state index contributed by atoms with van der Waals surface area (Å²) in [5.41, 5.74) is 1.48. The van der Waals surface area contributed by atoms with E-state index in [1.54, 1.807) is 29.0 Å². The van der Waals surface area contributed by atoms with E-state index in [1.807, 2.05) is 19.2 Å². The van der Waals surface area contributed by atoms with E-state index >= 15 is 0 Å². The van der Waals surface area contributed by atoms with Crippen molar-refractivity contribution in [2.24, 2.45) is 7.05 Å². The van der Waals surface area contributed by atoms with Gasteiger partial charge in [0, 0.05) is 12.7 Å². The Morgan fingerprint density at radius 3 is 2.63 bits per heavy atom. The van der Waals surface area contributed by atoms with E-state index < -0.39 is 0 Å². The summed E-state index contributed by atoms with van der Waals surface area (Å²) >= 11 is 5.89. The number of benzene rings is 1. The molecule has 0 saturated heterocycles. The molecular weight excluding hydrogens is 262 g/mol. The summed E-state index contributed by atoms with van der Waals surface area (Å²) in [4.78, 5) is 4.16. The number of nitrogens with one attached hydrogen (secondary N) is 1. The van der Waals surface area contributed by atoms with Gasteiger partial charge in [0.05, 0.1) is 23.9 Å².